The Balaban J connectivity index is 1.70. The smallest absolute Gasteiger partial charge is 0.131 e. The summed E-state index contributed by atoms with van der Waals surface area (Å²) in [5, 5.41) is 7.10. The molecule has 0 spiro atoms. The summed E-state index contributed by atoms with van der Waals surface area (Å²) < 4.78 is 3.87. The first-order valence-electron chi connectivity index (χ1n) is 10.1. The summed E-state index contributed by atoms with van der Waals surface area (Å²) in [5.74, 6) is 1.23. The first kappa shape index (κ1) is 23.0. The first-order valence-corrected chi connectivity index (χ1v) is 13.3. The minimum Gasteiger partial charge on any atom is -0.131 e. The molecule has 0 amide bonds. The Morgan fingerprint density at radius 2 is 1.44 bits per heavy atom. The Morgan fingerprint density at radius 3 is 2.04 bits per heavy atom. The van der Waals surface area contributed by atoms with Gasteiger partial charge >= 0.3 is 0 Å². The van der Waals surface area contributed by atoms with Crippen LogP contribution < -0.4 is 0 Å². The molecule has 0 aliphatic rings. The second-order valence-electron chi connectivity index (χ2n) is 6.59. The number of hydrogen-bond acceptors (Lipinski definition) is 5. The van der Waals surface area contributed by atoms with Crippen LogP contribution >= 0.6 is 33.1 Å². The average molecular weight is 401 g/mol. The fourth-order valence-electron chi connectivity index (χ4n) is 2.70. The van der Waals surface area contributed by atoms with Gasteiger partial charge in [0.2, 0.25) is 0 Å². The molecule has 0 radical (unpaired) electrons. The zero-order valence-electron chi connectivity index (χ0n) is 16.0. The molecule has 1 aromatic heterocycles. The minimum atomic E-state index is 1.06. The summed E-state index contributed by atoms with van der Waals surface area (Å²) in [5.41, 5.74) is 0. The Morgan fingerprint density at radius 1 is 0.840 bits per heavy atom. The van der Waals surface area contributed by atoms with Gasteiger partial charge in [-0.15, -0.1) is 5.10 Å². The van der Waals surface area contributed by atoms with Crippen LogP contribution in [0.1, 0.15) is 96.8 Å². The predicted molar refractivity (Wildman–Crippen MR) is 118 cm³/mol. The van der Waals surface area contributed by atoms with E-state index in [1.165, 1.54) is 107 Å². The molecule has 144 valence electrons. The van der Waals surface area contributed by atoms with Gasteiger partial charge in [0, 0.05) is 11.1 Å². The number of hydrogen-bond donors (Lipinski definition) is 0. The van der Waals surface area contributed by atoms with Crippen molar-refractivity contribution in [3.05, 3.63) is 17.5 Å². The number of rotatable bonds is 18. The summed E-state index contributed by atoms with van der Waals surface area (Å²) in [6.07, 6.45) is 24.1. The van der Waals surface area contributed by atoms with Crippen molar-refractivity contribution >= 4 is 33.1 Å². The molecule has 1 rings (SSSR count). The second kappa shape index (κ2) is 18.8. The Kier molecular flexibility index (Phi) is 17.3. The van der Waals surface area contributed by atoms with E-state index in [9.17, 15) is 0 Å². The molecule has 0 bridgehead atoms. The maximum absolute atomic E-state index is 4.04. The van der Waals surface area contributed by atoms with Gasteiger partial charge in [0.15, 0.2) is 0 Å². The predicted octanol–water partition coefficient (Wildman–Crippen LogP) is 8.32. The highest BCUT2D eigenvalue weighted by Crippen LogP contribution is 2.30. The monoisotopic (exact) mass is 400 g/mol. The number of nitrogens with zero attached hydrogens (tertiary/aromatic N) is 2. The molecule has 0 fully saturated rings. The lowest BCUT2D eigenvalue weighted by molar-refractivity contribution is 0.607. The van der Waals surface area contributed by atoms with Crippen molar-refractivity contribution in [1.82, 2.24) is 9.59 Å². The van der Waals surface area contributed by atoms with E-state index in [0.717, 1.165) is 5.03 Å². The van der Waals surface area contributed by atoms with E-state index in [2.05, 4.69) is 28.7 Å². The highest BCUT2D eigenvalue weighted by Gasteiger charge is 1.97. The standard InChI is InChI=1S/C20H36N2S3/c1-2-3-4-5-6-7-8-9-10-11-12-13-14-15-16-17-18-24-25-20-19-23-22-21-20/h9-10,19H,2-8,11-18H2,1H3. The van der Waals surface area contributed by atoms with Crippen molar-refractivity contribution in [1.29, 1.82) is 0 Å². The molecule has 0 N–H and O–H groups in total. The third-order valence-corrected chi connectivity index (χ3v) is 7.19. The normalized spacial score (nSPS) is 11.6. The van der Waals surface area contributed by atoms with Crippen LogP contribution in [-0.4, -0.2) is 15.3 Å². The highest BCUT2D eigenvalue weighted by molar-refractivity contribution is 8.76. The van der Waals surface area contributed by atoms with Crippen molar-refractivity contribution < 1.29 is 0 Å². The molecule has 2 nitrogen and oxygen atoms in total. The van der Waals surface area contributed by atoms with Gasteiger partial charge in [-0.3, -0.25) is 0 Å². The second-order valence-corrected chi connectivity index (χ2v) is 9.63. The molecular weight excluding hydrogens is 364 g/mol. The van der Waals surface area contributed by atoms with Crippen LogP contribution in [0.5, 0.6) is 0 Å². The number of aromatic nitrogens is 2. The summed E-state index contributed by atoms with van der Waals surface area (Å²) in [7, 11) is 3.67. The van der Waals surface area contributed by atoms with E-state index < -0.39 is 0 Å². The van der Waals surface area contributed by atoms with E-state index >= 15 is 0 Å². The van der Waals surface area contributed by atoms with Crippen LogP contribution in [0.4, 0.5) is 0 Å². The van der Waals surface area contributed by atoms with Gasteiger partial charge < -0.3 is 0 Å². The van der Waals surface area contributed by atoms with Crippen LogP contribution in [0, 0.1) is 0 Å². The average Bonchev–Trinajstić information content (AvgIpc) is 3.14. The van der Waals surface area contributed by atoms with Crippen molar-refractivity contribution in [3.63, 3.8) is 0 Å². The van der Waals surface area contributed by atoms with Gasteiger partial charge in [-0.2, -0.15) is 0 Å². The molecule has 0 atom stereocenters. The fraction of sp³-hybridized carbons (Fsp3) is 0.800. The van der Waals surface area contributed by atoms with E-state index in [-0.39, 0.29) is 0 Å². The van der Waals surface area contributed by atoms with Crippen LogP contribution in [0.2, 0.25) is 0 Å². The molecule has 5 heteroatoms. The zero-order chi connectivity index (χ0) is 17.8. The van der Waals surface area contributed by atoms with E-state index in [4.69, 9.17) is 0 Å². The van der Waals surface area contributed by atoms with Gasteiger partial charge in [-0.25, -0.2) is 0 Å². The van der Waals surface area contributed by atoms with E-state index in [1.54, 1.807) is 10.8 Å². The van der Waals surface area contributed by atoms with Crippen LogP contribution in [-0.2, 0) is 0 Å². The largest absolute Gasteiger partial charge is 0.142 e. The molecule has 1 heterocycles. The van der Waals surface area contributed by atoms with Crippen LogP contribution in [0.25, 0.3) is 0 Å². The summed E-state index contributed by atoms with van der Waals surface area (Å²) in [6, 6.07) is 0. The summed E-state index contributed by atoms with van der Waals surface area (Å²) >= 11 is 1.43. The molecule has 0 aromatic carbocycles. The molecule has 0 unspecified atom stereocenters. The first-order chi connectivity index (χ1) is 12.4. The number of unbranched alkanes of at least 4 members (excludes halogenated alkanes) is 12. The molecule has 25 heavy (non-hydrogen) atoms. The molecule has 1 aromatic rings. The molecule has 0 saturated heterocycles. The van der Waals surface area contributed by atoms with Crippen LogP contribution in [0.3, 0.4) is 0 Å². The zero-order valence-corrected chi connectivity index (χ0v) is 18.4. The molecule has 0 aliphatic carbocycles. The van der Waals surface area contributed by atoms with Crippen molar-refractivity contribution in [2.75, 3.05) is 5.75 Å². The maximum Gasteiger partial charge on any atom is 0.142 e. The quantitative estimate of drug-likeness (QED) is 0.140. The Bertz CT molecular complexity index is 394. The lowest BCUT2D eigenvalue weighted by atomic mass is 10.1. The molecule has 0 saturated carbocycles. The lowest BCUT2D eigenvalue weighted by Crippen LogP contribution is -1.82. The van der Waals surface area contributed by atoms with Crippen molar-refractivity contribution in [2.45, 2.75) is 102 Å². The van der Waals surface area contributed by atoms with Gasteiger partial charge in [0.05, 0.1) is 0 Å². The molecular formula is C20H36N2S3. The minimum absolute atomic E-state index is 1.06. The van der Waals surface area contributed by atoms with Crippen molar-refractivity contribution in [2.24, 2.45) is 0 Å². The van der Waals surface area contributed by atoms with E-state index in [0.29, 0.717) is 0 Å². The Hall–Kier alpha value is -0.000000000000000111. The lowest BCUT2D eigenvalue weighted by Gasteiger charge is -2.01. The van der Waals surface area contributed by atoms with Gasteiger partial charge in [0.25, 0.3) is 0 Å². The van der Waals surface area contributed by atoms with E-state index in [1.807, 2.05) is 16.2 Å². The Labute approximate surface area is 167 Å². The van der Waals surface area contributed by atoms with Crippen LogP contribution in [0.15, 0.2) is 22.6 Å². The van der Waals surface area contributed by atoms with Gasteiger partial charge in [0.1, 0.15) is 5.03 Å². The van der Waals surface area contributed by atoms with Gasteiger partial charge in [-0.1, -0.05) is 92.1 Å². The highest BCUT2D eigenvalue weighted by atomic mass is 33.1. The third kappa shape index (κ3) is 15.9. The SMILES string of the molecule is CCCCCCCCC=CCCCCCCCCSSc1csnn1. The fourth-order valence-corrected chi connectivity index (χ4v) is 5.38. The van der Waals surface area contributed by atoms with Gasteiger partial charge in [-0.05, 0) is 54.4 Å². The van der Waals surface area contributed by atoms with Crippen molar-refractivity contribution in [3.8, 4) is 0 Å². The summed E-state index contributed by atoms with van der Waals surface area (Å²) in [6.45, 7) is 2.28. The maximum atomic E-state index is 4.04. The number of allylic oxidation sites excluding steroid dienone is 2. The molecule has 0 aliphatic heterocycles. The topological polar surface area (TPSA) is 25.8 Å². The third-order valence-electron chi connectivity index (χ3n) is 4.22. The summed E-state index contributed by atoms with van der Waals surface area (Å²) in [4.78, 5) is 0.